The summed E-state index contributed by atoms with van der Waals surface area (Å²) in [5, 5.41) is 3.16. The van der Waals surface area contributed by atoms with Crippen LogP contribution in [-0.4, -0.2) is 12.5 Å². The Hall–Kier alpha value is -1.23. The van der Waals surface area contributed by atoms with Crippen LogP contribution in [0, 0.1) is 11.7 Å². The third-order valence-corrected chi connectivity index (χ3v) is 3.51. The van der Waals surface area contributed by atoms with Crippen LogP contribution in [0.5, 0.6) is 0 Å². The summed E-state index contributed by atoms with van der Waals surface area (Å²) in [6.07, 6.45) is 2.59. The Bertz CT molecular complexity index is 443. The fourth-order valence-corrected chi connectivity index (χ4v) is 2.26. The third kappa shape index (κ3) is 2.14. The molecular formula is C11H12FN3S. The molecule has 0 saturated heterocycles. The number of hydrogen-bond acceptors (Lipinski definition) is 2. The minimum absolute atomic E-state index is 0.215. The van der Waals surface area contributed by atoms with Crippen LogP contribution in [0.2, 0.25) is 0 Å². The largest absolute Gasteiger partial charge is 0.325 e. The lowest BCUT2D eigenvalue weighted by atomic mass is 10.3. The van der Waals surface area contributed by atoms with E-state index in [1.165, 1.54) is 36.9 Å². The van der Waals surface area contributed by atoms with E-state index < -0.39 is 0 Å². The zero-order chi connectivity index (χ0) is 11.0. The molecular weight excluding hydrogens is 225 g/mol. The van der Waals surface area contributed by atoms with Gasteiger partial charge in [0.1, 0.15) is 5.82 Å². The Labute approximate surface area is 97.7 Å². The minimum atomic E-state index is -0.215. The second-order valence-corrected chi connectivity index (χ2v) is 4.95. The molecule has 2 aliphatic rings. The van der Waals surface area contributed by atoms with Crippen LogP contribution in [0.4, 0.5) is 10.1 Å². The Balaban J connectivity index is 1.74. The van der Waals surface area contributed by atoms with Crippen LogP contribution in [0.25, 0.3) is 0 Å². The number of guanidine groups is 1. The highest BCUT2D eigenvalue weighted by Gasteiger charge is 2.21. The van der Waals surface area contributed by atoms with Gasteiger partial charge in [-0.15, -0.1) is 0 Å². The van der Waals surface area contributed by atoms with Gasteiger partial charge in [0.25, 0.3) is 0 Å². The van der Waals surface area contributed by atoms with Crippen molar-refractivity contribution in [3.05, 3.63) is 24.0 Å². The number of nitrogens with zero attached hydrogens (tertiary/aromatic N) is 1. The van der Waals surface area contributed by atoms with Crippen LogP contribution in [0.3, 0.4) is 0 Å². The number of aliphatic imine (C=N–C) groups is 1. The van der Waals surface area contributed by atoms with Crippen molar-refractivity contribution in [3.63, 3.8) is 0 Å². The molecule has 0 spiro atoms. The molecule has 0 bridgehead atoms. The van der Waals surface area contributed by atoms with E-state index in [9.17, 15) is 4.39 Å². The highest BCUT2D eigenvalue weighted by molar-refractivity contribution is 7.98. The lowest BCUT2D eigenvalue weighted by molar-refractivity contribution is 0.624. The average molecular weight is 237 g/mol. The first-order valence-electron chi connectivity index (χ1n) is 5.35. The van der Waals surface area contributed by atoms with E-state index >= 15 is 0 Å². The third-order valence-electron chi connectivity index (χ3n) is 2.66. The van der Waals surface area contributed by atoms with Gasteiger partial charge >= 0.3 is 0 Å². The van der Waals surface area contributed by atoms with Gasteiger partial charge in [0, 0.05) is 6.54 Å². The quantitative estimate of drug-likeness (QED) is 0.776. The second-order valence-electron chi connectivity index (χ2n) is 4.10. The number of fused-ring (bicyclic) bond motifs is 1. The Morgan fingerprint density at radius 2 is 2.31 bits per heavy atom. The number of halogens is 1. The van der Waals surface area contributed by atoms with Gasteiger partial charge in [0.05, 0.1) is 10.6 Å². The van der Waals surface area contributed by atoms with E-state index in [2.05, 4.69) is 15.0 Å². The average Bonchev–Trinajstić information content (AvgIpc) is 3.10. The molecule has 5 heteroatoms. The van der Waals surface area contributed by atoms with Crippen molar-refractivity contribution in [2.24, 2.45) is 10.9 Å². The molecule has 1 aliphatic heterocycles. The number of benzene rings is 1. The molecule has 1 saturated carbocycles. The topological polar surface area (TPSA) is 36.4 Å². The van der Waals surface area contributed by atoms with Crippen LogP contribution in [0.1, 0.15) is 12.8 Å². The second kappa shape index (κ2) is 3.97. The predicted molar refractivity (Wildman–Crippen MR) is 64.0 cm³/mol. The van der Waals surface area contributed by atoms with E-state index in [1.54, 1.807) is 6.07 Å². The molecule has 0 atom stereocenters. The van der Waals surface area contributed by atoms with Crippen molar-refractivity contribution in [1.82, 2.24) is 4.72 Å². The van der Waals surface area contributed by atoms with E-state index in [0.29, 0.717) is 0 Å². The first kappa shape index (κ1) is 9.96. The first-order valence-corrected chi connectivity index (χ1v) is 6.17. The first-order chi connectivity index (χ1) is 7.81. The maximum atomic E-state index is 13.0. The number of hydrogen-bond donors (Lipinski definition) is 2. The summed E-state index contributed by atoms with van der Waals surface area (Å²) in [7, 11) is 0. The Kier molecular flexibility index (Phi) is 2.47. The standard InChI is InChI=1S/C11H12FN3S/c12-8-3-4-9-10(5-8)16-15-11(14-9)13-6-7-1-2-7/h3-5,7H,1-2,6H2,(H2,13,14,15). The lowest BCUT2D eigenvalue weighted by Gasteiger charge is -2.20. The number of nitrogens with one attached hydrogen (secondary N) is 2. The van der Waals surface area contributed by atoms with Crippen LogP contribution in [-0.2, 0) is 0 Å². The van der Waals surface area contributed by atoms with Gasteiger partial charge in [0.2, 0.25) is 5.96 Å². The van der Waals surface area contributed by atoms with Crippen molar-refractivity contribution < 1.29 is 4.39 Å². The van der Waals surface area contributed by atoms with E-state index in [4.69, 9.17) is 0 Å². The summed E-state index contributed by atoms with van der Waals surface area (Å²) in [6, 6.07) is 4.71. The van der Waals surface area contributed by atoms with Gasteiger partial charge in [0.15, 0.2) is 0 Å². The molecule has 0 aromatic heterocycles. The van der Waals surface area contributed by atoms with Gasteiger partial charge < -0.3 is 5.32 Å². The van der Waals surface area contributed by atoms with Crippen molar-refractivity contribution in [3.8, 4) is 0 Å². The SMILES string of the molecule is Fc1ccc2c(c1)SNC(=NCC1CC1)N2. The molecule has 1 aliphatic carbocycles. The minimum Gasteiger partial charge on any atom is -0.325 e. The lowest BCUT2D eigenvalue weighted by Crippen LogP contribution is -2.29. The fraction of sp³-hybridized carbons (Fsp3) is 0.364. The van der Waals surface area contributed by atoms with Gasteiger partial charge in [-0.25, -0.2) is 4.39 Å². The molecule has 1 fully saturated rings. The zero-order valence-electron chi connectivity index (χ0n) is 8.66. The summed E-state index contributed by atoms with van der Waals surface area (Å²) in [6.45, 7) is 0.881. The highest BCUT2D eigenvalue weighted by atomic mass is 32.2. The van der Waals surface area contributed by atoms with Crippen LogP contribution < -0.4 is 10.0 Å². The van der Waals surface area contributed by atoms with Crippen molar-refractivity contribution in [2.75, 3.05) is 11.9 Å². The van der Waals surface area contributed by atoms with Crippen molar-refractivity contribution >= 4 is 23.6 Å². The summed E-state index contributed by atoms with van der Waals surface area (Å²) in [4.78, 5) is 5.31. The van der Waals surface area contributed by atoms with E-state index in [1.807, 2.05) is 0 Å². The normalized spacial score (nSPS) is 21.2. The molecule has 16 heavy (non-hydrogen) atoms. The molecule has 1 heterocycles. The Morgan fingerprint density at radius 1 is 1.44 bits per heavy atom. The monoisotopic (exact) mass is 237 g/mol. The van der Waals surface area contributed by atoms with E-state index in [0.717, 1.165) is 29.0 Å². The molecule has 1 aromatic rings. The summed E-state index contributed by atoms with van der Waals surface area (Å²) in [5.41, 5.74) is 0.916. The molecule has 3 nitrogen and oxygen atoms in total. The molecule has 84 valence electrons. The van der Waals surface area contributed by atoms with E-state index in [-0.39, 0.29) is 5.82 Å². The van der Waals surface area contributed by atoms with Gasteiger partial charge in [-0.05, 0) is 48.9 Å². The fourth-order valence-electron chi connectivity index (χ4n) is 1.53. The van der Waals surface area contributed by atoms with Crippen LogP contribution in [0.15, 0.2) is 28.1 Å². The molecule has 0 radical (unpaired) electrons. The number of rotatable bonds is 2. The highest BCUT2D eigenvalue weighted by Crippen LogP contribution is 2.31. The summed E-state index contributed by atoms with van der Waals surface area (Å²) < 4.78 is 16.0. The van der Waals surface area contributed by atoms with Crippen LogP contribution >= 0.6 is 11.9 Å². The maximum Gasteiger partial charge on any atom is 0.206 e. The molecule has 0 unspecified atom stereocenters. The molecule has 2 N–H and O–H groups in total. The smallest absolute Gasteiger partial charge is 0.206 e. The van der Waals surface area contributed by atoms with Gasteiger partial charge in [-0.3, -0.25) is 9.71 Å². The van der Waals surface area contributed by atoms with Gasteiger partial charge in [-0.2, -0.15) is 0 Å². The number of anilines is 1. The maximum absolute atomic E-state index is 13.0. The predicted octanol–water partition coefficient (Wildman–Crippen LogP) is 2.61. The summed E-state index contributed by atoms with van der Waals surface area (Å²) >= 11 is 1.40. The molecule has 1 aromatic carbocycles. The molecule has 0 amide bonds. The molecule has 3 rings (SSSR count). The van der Waals surface area contributed by atoms with Crippen molar-refractivity contribution in [2.45, 2.75) is 17.7 Å². The Morgan fingerprint density at radius 3 is 3.12 bits per heavy atom. The zero-order valence-corrected chi connectivity index (χ0v) is 9.48. The van der Waals surface area contributed by atoms with Gasteiger partial charge in [-0.1, -0.05) is 0 Å². The van der Waals surface area contributed by atoms with Crippen molar-refractivity contribution in [1.29, 1.82) is 0 Å². The summed E-state index contributed by atoms with van der Waals surface area (Å²) in [5.74, 6) is 1.33.